The molecule has 1 saturated heterocycles. The predicted molar refractivity (Wildman–Crippen MR) is 109 cm³/mol. The maximum atomic E-state index is 12.5. The molecule has 3 aromatic rings. The van der Waals surface area contributed by atoms with Crippen LogP contribution in [0, 0.1) is 0 Å². The molecule has 2 amide bonds. The summed E-state index contributed by atoms with van der Waals surface area (Å²) < 4.78 is 2.58. The van der Waals surface area contributed by atoms with Crippen LogP contribution >= 0.6 is 15.9 Å². The molecule has 9 heteroatoms. The number of carbonyl (C=O) groups is 2. The molecule has 0 saturated carbocycles. The topological polar surface area (TPSA) is 92.2 Å². The van der Waals surface area contributed by atoms with Crippen LogP contribution in [0.1, 0.15) is 10.5 Å². The van der Waals surface area contributed by atoms with Crippen molar-refractivity contribution in [1.82, 2.24) is 20.1 Å². The van der Waals surface area contributed by atoms with Gasteiger partial charge in [0, 0.05) is 23.8 Å². The van der Waals surface area contributed by atoms with E-state index in [0.29, 0.717) is 30.3 Å². The van der Waals surface area contributed by atoms with Gasteiger partial charge in [0.25, 0.3) is 5.91 Å². The SMILES string of the molecule is O=C1CN(c2ccc(NC(=O)c3ccn(-c4cccc(Br)c4)n3)cn2)CCN1. The number of hydrogen-bond donors (Lipinski definition) is 2. The molecule has 0 bridgehead atoms. The van der Waals surface area contributed by atoms with E-state index in [-0.39, 0.29) is 18.4 Å². The summed E-state index contributed by atoms with van der Waals surface area (Å²) in [4.78, 5) is 30.2. The summed E-state index contributed by atoms with van der Waals surface area (Å²) in [6.07, 6.45) is 3.31. The summed E-state index contributed by atoms with van der Waals surface area (Å²) in [5.74, 6) is 0.360. The van der Waals surface area contributed by atoms with Crippen LogP contribution in [0.2, 0.25) is 0 Å². The lowest BCUT2D eigenvalue weighted by Crippen LogP contribution is -2.48. The van der Waals surface area contributed by atoms with Gasteiger partial charge in [0.1, 0.15) is 5.82 Å². The van der Waals surface area contributed by atoms with Crippen molar-refractivity contribution in [2.24, 2.45) is 0 Å². The highest BCUT2D eigenvalue weighted by atomic mass is 79.9. The van der Waals surface area contributed by atoms with E-state index in [1.54, 1.807) is 35.3 Å². The molecule has 28 heavy (non-hydrogen) atoms. The highest BCUT2D eigenvalue weighted by Crippen LogP contribution is 2.17. The molecule has 0 unspecified atom stereocenters. The van der Waals surface area contributed by atoms with E-state index in [0.717, 1.165) is 10.2 Å². The Kier molecular flexibility index (Phi) is 5.07. The third kappa shape index (κ3) is 4.04. The van der Waals surface area contributed by atoms with Crippen molar-refractivity contribution in [3.8, 4) is 5.69 Å². The van der Waals surface area contributed by atoms with Gasteiger partial charge >= 0.3 is 0 Å². The van der Waals surface area contributed by atoms with E-state index in [2.05, 4.69) is 36.6 Å². The average molecular weight is 441 g/mol. The zero-order valence-corrected chi connectivity index (χ0v) is 16.4. The molecule has 1 aromatic carbocycles. The highest BCUT2D eigenvalue weighted by molar-refractivity contribution is 9.10. The first-order valence-electron chi connectivity index (χ1n) is 8.69. The largest absolute Gasteiger partial charge is 0.353 e. The first-order chi connectivity index (χ1) is 13.6. The number of piperazine rings is 1. The number of carbonyl (C=O) groups excluding carboxylic acids is 2. The second-order valence-electron chi connectivity index (χ2n) is 6.26. The first kappa shape index (κ1) is 18.2. The Bertz CT molecular complexity index is 1020. The molecule has 142 valence electrons. The minimum Gasteiger partial charge on any atom is -0.353 e. The molecule has 1 aliphatic rings. The van der Waals surface area contributed by atoms with Crippen LogP contribution in [0.25, 0.3) is 5.69 Å². The molecule has 0 radical (unpaired) electrons. The van der Waals surface area contributed by atoms with Gasteiger partial charge < -0.3 is 15.5 Å². The van der Waals surface area contributed by atoms with Crippen molar-refractivity contribution < 1.29 is 9.59 Å². The maximum Gasteiger partial charge on any atom is 0.276 e. The fourth-order valence-electron chi connectivity index (χ4n) is 2.88. The quantitative estimate of drug-likeness (QED) is 0.648. The standard InChI is InChI=1S/C19H17BrN6O2/c20-13-2-1-3-15(10-13)26-8-6-16(24-26)19(28)23-14-4-5-17(22-11-14)25-9-7-21-18(27)12-25/h1-6,8,10-11H,7,9,12H2,(H,21,27)(H,23,28). The molecule has 0 spiro atoms. The van der Waals surface area contributed by atoms with Crippen LogP contribution < -0.4 is 15.5 Å². The van der Waals surface area contributed by atoms with Crippen molar-refractivity contribution in [3.63, 3.8) is 0 Å². The van der Waals surface area contributed by atoms with E-state index in [1.165, 1.54) is 0 Å². The van der Waals surface area contributed by atoms with E-state index in [9.17, 15) is 9.59 Å². The van der Waals surface area contributed by atoms with Gasteiger partial charge in [-0.25, -0.2) is 9.67 Å². The van der Waals surface area contributed by atoms with Crippen molar-refractivity contribution in [3.05, 3.63) is 65.0 Å². The molecule has 3 heterocycles. The maximum absolute atomic E-state index is 12.5. The van der Waals surface area contributed by atoms with Gasteiger partial charge in [0.15, 0.2) is 5.69 Å². The first-order valence-corrected chi connectivity index (χ1v) is 9.48. The molecule has 1 fully saturated rings. The van der Waals surface area contributed by atoms with Crippen molar-refractivity contribution in [1.29, 1.82) is 0 Å². The van der Waals surface area contributed by atoms with Gasteiger partial charge in [-0.2, -0.15) is 5.10 Å². The predicted octanol–water partition coefficient (Wildman–Crippen LogP) is 2.22. The van der Waals surface area contributed by atoms with E-state index in [1.807, 2.05) is 29.2 Å². The fourth-order valence-corrected chi connectivity index (χ4v) is 3.27. The highest BCUT2D eigenvalue weighted by Gasteiger charge is 2.17. The number of pyridine rings is 1. The fraction of sp³-hybridized carbons (Fsp3) is 0.158. The van der Waals surface area contributed by atoms with Crippen LogP contribution in [-0.2, 0) is 4.79 Å². The summed E-state index contributed by atoms with van der Waals surface area (Å²) in [7, 11) is 0. The van der Waals surface area contributed by atoms with Crippen LogP contribution in [0.5, 0.6) is 0 Å². The minimum atomic E-state index is -0.319. The van der Waals surface area contributed by atoms with Crippen molar-refractivity contribution in [2.75, 3.05) is 29.9 Å². The Morgan fingerprint density at radius 1 is 1.21 bits per heavy atom. The summed E-state index contributed by atoms with van der Waals surface area (Å²) >= 11 is 3.42. The van der Waals surface area contributed by atoms with Crippen LogP contribution in [0.15, 0.2) is 59.3 Å². The molecule has 8 nitrogen and oxygen atoms in total. The number of aromatic nitrogens is 3. The normalized spacial score (nSPS) is 13.9. The lowest BCUT2D eigenvalue weighted by Gasteiger charge is -2.27. The monoisotopic (exact) mass is 440 g/mol. The van der Waals surface area contributed by atoms with Gasteiger partial charge in [-0.1, -0.05) is 22.0 Å². The molecule has 4 rings (SSSR count). The molecule has 0 atom stereocenters. The lowest BCUT2D eigenvalue weighted by atomic mass is 10.3. The van der Waals surface area contributed by atoms with Crippen molar-refractivity contribution >= 4 is 39.2 Å². The number of nitrogens with zero attached hydrogens (tertiary/aromatic N) is 4. The Hall–Kier alpha value is -3.20. The molecule has 2 N–H and O–H groups in total. The number of halogens is 1. The third-order valence-electron chi connectivity index (χ3n) is 4.26. The summed E-state index contributed by atoms with van der Waals surface area (Å²) in [5.41, 5.74) is 1.72. The minimum absolute atomic E-state index is 0.0218. The van der Waals surface area contributed by atoms with Crippen LogP contribution in [-0.4, -0.2) is 46.2 Å². The number of amides is 2. The zero-order valence-electron chi connectivity index (χ0n) is 14.8. The van der Waals surface area contributed by atoms with Gasteiger partial charge in [0.2, 0.25) is 5.91 Å². The Balaban J connectivity index is 1.43. The Labute approximate surface area is 169 Å². The number of anilines is 2. The molecular weight excluding hydrogens is 424 g/mol. The van der Waals surface area contributed by atoms with Gasteiger partial charge in [-0.05, 0) is 36.4 Å². The molecule has 1 aliphatic heterocycles. The van der Waals surface area contributed by atoms with Crippen molar-refractivity contribution in [2.45, 2.75) is 0 Å². The summed E-state index contributed by atoms with van der Waals surface area (Å²) in [6.45, 7) is 1.59. The second kappa shape index (κ2) is 7.81. The smallest absolute Gasteiger partial charge is 0.276 e. The van der Waals surface area contributed by atoms with E-state index in [4.69, 9.17) is 0 Å². The number of rotatable bonds is 4. The molecular formula is C19H17BrN6O2. The Morgan fingerprint density at radius 3 is 2.86 bits per heavy atom. The van der Waals surface area contributed by atoms with Crippen LogP contribution in [0.4, 0.5) is 11.5 Å². The summed E-state index contributed by atoms with van der Waals surface area (Å²) in [6, 6.07) is 12.9. The average Bonchev–Trinajstić information content (AvgIpc) is 3.19. The number of nitrogens with one attached hydrogen (secondary N) is 2. The molecule has 2 aromatic heterocycles. The molecule has 0 aliphatic carbocycles. The van der Waals surface area contributed by atoms with Crippen LogP contribution in [0.3, 0.4) is 0 Å². The van der Waals surface area contributed by atoms with E-state index < -0.39 is 0 Å². The zero-order chi connectivity index (χ0) is 19.5. The van der Waals surface area contributed by atoms with Gasteiger partial charge in [0.05, 0.1) is 24.1 Å². The second-order valence-corrected chi connectivity index (χ2v) is 7.17. The van der Waals surface area contributed by atoms with Gasteiger partial charge in [-0.15, -0.1) is 0 Å². The third-order valence-corrected chi connectivity index (χ3v) is 4.76. The van der Waals surface area contributed by atoms with E-state index >= 15 is 0 Å². The number of benzene rings is 1. The lowest BCUT2D eigenvalue weighted by molar-refractivity contribution is -0.120. The number of hydrogen-bond acceptors (Lipinski definition) is 5. The Morgan fingerprint density at radius 2 is 2.11 bits per heavy atom. The summed E-state index contributed by atoms with van der Waals surface area (Å²) in [5, 5.41) is 9.89. The van der Waals surface area contributed by atoms with Gasteiger partial charge in [-0.3, -0.25) is 9.59 Å².